The minimum atomic E-state index is -3.66. The molecule has 6 heteroatoms. The molecule has 120 valence electrons. The average Bonchev–Trinajstić information content (AvgIpc) is 2.45. The van der Waals surface area contributed by atoms with Crippen LogP contribution >= 0.6 is 0 Å². The highest BCUT2D eigenvalue weighted by Gasteiger charge is 2.18. The first-order chi connectivity index (χ1) is 10.0. The van der Waals surface area contributed by atoms with E-state index in [-0.39, 0.29) is 4.90 Å². The van der Waals surface area contributed by atoms with Crippen LogP contribution in [0.5, 0.6) is 0 Å². The number of rotatable bonds is 10. The van der Waals surface area contributed by atoms with Crippen molar-refractivity contribution in [3.05, 3.63) is 29.6 Å². The van der Waals surface area contributed by atoms with Gasteiger partial charge in [0.05, 0.1) is 4.90 Å². The first-order valence-corrected chi connectivity index (χ1v) is 8.98. The maximum absolute atomic E-state index is 13.4. The van der Waals surface area contributed by atoms with Gasteiger partial charge in [-0.15, -0.1) is 0 Å². The first kappa shape index (κ1) is 18.1. The molecule has 0 aliphatic rings. The molecule has 0 heterocycles. The molecule has 21 heavy (non-hydrogen) atoms. The van der Waals surface area contributed by atoms with Crippen LogP contribution in [0.15, 0.2) is 23.1 Å². The van der Waals surface area contributed by atoms with Crippen LogP contribution in [0.1, 0.15) is 45.1 Å². The summed E-state index contributed by atoms with van der Waals surface area (Å²) in [5, 5.41) is 3.07. The van der Waals surface area contributed by atoms with Crippen LogP contribution in [0.2, 0.25) is 0 Å². The highest BCUT2D eigenvalue weighted by Crippen LogP contribution is 2.17. The summed E-state index contributed by atoms with van der Waals surface area (Å²) >= 11 is 0. The van der Waals surface area contributed by atoms with Crippen LogP contribution in [-0.2, 0) is 16.6 Å². The molecule has 0 saturated heterocycles. The van der Waals surface area contributed by atoms with Gasteiger partial charge in [-0.05, 0) is 30.7 Å². The molecule has 0 aliphatic carbocycles. The SMILES string of the molecule is CCCCCCNS(=O)(=O)c1cc(F)ccc1CNCC. The Labute approximate surface area is 127 Å². The highest BCUT2D eigenvalue weighted by molar-refractivity contribution is 7.89. The van der Waals surface area contributed by atoms with Crippen molar-refractivity contribution in [2.75, 3.05) is 13.1 Å². The Kier molecular flexibility index (Phi) is 7.85. The molecule has 0 fully saturated rings. The number of unbranched alkanes of at least 4 members (excludes halogenated alkanes) is 3. The fourth-order valence-electron chi connectivity index (χ4n) is 2.02. The van der Waals surface area contributed by atoms with Crippen LogP contribution in [-0.4, -0.2) is 21.5 Å². The summed E-state index contributed by atoms with van der Waals surface area (Å²) in [6.07, 6.45) is 3.98. The summed E-state index contributed by atoms with van der Waals surface area (Å²) in [6, 6.07) is 3.89. The van der Waals surface area contributed by atoms with E-state index in [4.69, 9.17) is 0 Å². The lowest BCUT2D eigenvalue weighted by molar-refractivity contribution is 0.567. The number of benzene rings is 1. The van der Waals surface area contributed by atoms with Crippen molar-refractivity contribution >= 4 is 10.0 Å². The van der Waals surface area contributed by atoms with E-state index >= 15 is 0 Å². The molecule has 4 nitrogen and oxygen atoms in total. The van der Waals surface area contributed by atoms with Crippen molar-refractivity contribution < 1.29 is 12.8 Å². The molecule has 0 saturated carbocycles. The molecule has 1 rings (SSSR count). The monoisotopic (exact) mass is 316 g/mol. The molecule has 0 aromatic heterocycles. The van der Waals surface area contributed by atoms with E-state index in [9.17, 15) is 12.8 Å². The van der Waals surface area contributed by atoms with Gasteiger partial charge in [-0.25, -0.2) is 17.5 Å². The maximum atomic E-state index is 13.4. The zero-order chi connectivity index (χ0) is 15.7. The second-order valence-corrected chi connectivity index (χ2v) is 6.73. The highest BCUT2D eigenvalue weighted by atomic mass is 32.2. The second-order valence-electron chi connectivity index (χ2n) is 4.99. The lowest BCUT2D eigenvalue weighted by Gasteiger charge is -2.12. The van der Waals surface area contributed by atoms with Gasteiger partial charge in [0.25, 0.3) is 0 Å². The maximum Gasteiger partial charge on any atom is 0.240 e. The van der Waals surface area contributed by atoms with E-state index in [1.54, 1.807) is 0 Å². The number of halogens is 1. The van der Waals surface area contributed by atoms with E-state index < -0.39 is 15.8 Å². The summed E-state index contributed by atoms with van der Waals surface area (Å²) in [5.41, 5.74) is 0.583. The molecule has 0 spiro atoms. The van der Waals surface area contributed by atoms with Gasteiger partial charge in [0.15, 0.2) is 0 Å². The third-order valence-electron chi connectivity index (χ3n) is 3.21. The van der Waals surface area contributed by atoms with E-state index in [0.29, 0.717) is 18.7 Å². The van der Waals surface area contributed by atoms with Crippen molar-refractivity contribution in [1.29, 1.82) is 0 Å². The lowest BCUT2D eigenvalue weighted by Crippen LogP contribution is -2.27. The quantitative estimate of drug-likeness (QED) is 0.653. The minimum absolute atomic E-state index is 0.0268. The van der Waals surface area contributed by atoms with Crippen LogP contribution in [0.3, 0.4) is 0 Å². The lowest BCUT2D eigenvalue weighted by atomic mass is 10.2. The molecule has 2 N–H and O–H groups in total. The molecule has 0 unspecified atom stereocenters. The predicted molar refractivity (Wildman–Crippen MR) is 83.1 cm³/mol. The number of nitrogens with one attached hydrogen (secondary N) is 2. The Morgan fingerprint density at radius 3 is 2.57 bits per heavy atom. The van der Waals surface area contributed by atoms with E-state index in [2.05, 4.69) is 17.0 Å². The smallest absolute Gasteiger partial charge is 0.240 e. The molecular weight excluding hydrogens is 291 g/mol. The molecule has 0 radical (unpaired) electrons. The molecule has 0 bridgehead atoms. The first-order valence-electron chi connectivity index (χ1n) is 7.50. The van der Waals surface area contributed by atoms with Crippen molar-refractivity contribution in [2.45, 2.75) is 51.0 Å². The summed E-state index contributed by atoms with van der Waals surface area (Å²) in [7, 11) is -3.66. The number of hydrogen-bond acceptors (Lipinski definition) is 3. The average molecular weight is 316 g/mol. The predicted octanol–water partition coefficient (Wildman–Crippen LogP) is 2.79. The Balaban J connectivity index is 2.78. The van der Waals surface area contributed by atoms with Crippen LogP contribution < -0.4 is 10.0 Å². The van der Waals surface area contributed by atoms with Crippen LogP contribution in [0, 0.1) is 5.82 Å². The van der Waals surface area contributed by atoms with E-state index in [1.165, 1.54) is 12.1 Å². The van der Waals surface area contributed by atoms with Gasteiger partial charge < -0.3 is 5.32 Å². The van der Waals surface area contributed by atoms with Gasteiger partial charge in [0.1, 0.15) is 5.82 Å². The molecule has 1 aromatic rings. The van der Waals surface area contributed by atoms with Crippen molar-refractivity contribution in [3.8, 4) is 0 Å². The summed E-state index contributed by atoms with van der Waals surface area (Å²) in [5.74, 6) is -0.540. The molecule has 0 aliphatic heterocycles. The molecular formula is C15H25FN2O2S. The standard InChI is InChI=1S/C15H25FN2O2S/c1-3-5-6-7-10-18-21(19,20)15-11-14(16)9-8-13(15)12-17-4-2/h8-9,11,17-18H,3-7,10,12H2,1-2H3. The van der Waals surface area contributed by atoms with Crippen LogP contribution in [0.4, 0.5) is 4.39 Å². The Morgan fingerprint density at radius 2 is 1.90 bits per heavy atom. The zero-order valence-electron chi connectivity index (χ0n) is 12.8. The Bertz CT molecular complexity index is 532. The van der Waals surface area contributed by atoms with E-state index in [0.717, 1.165) is 38.3 Å². The van der Waals surface area contributed by atoms with Crippen molar-refractivity contribution in [1.82, 2.24) is 10.0 Å². The fourth-order valence-corrected chi connectivity index (χ4v) is 3.34. The Morgan fingerprint density at radius 1 is 1.14 bits per heavy atom. The van der Waals surface area contributed by atoms with Gasteiger partial charge >= 0.3 is 0 Å². The van der Waals surface area contributed by atoms with Gasteiger partial charge in [-0.1, -0.05) is 39.2 Å². The van der Waals surface area contributed by atoms with Crippen molar-refractivity contribution in [2.24, 2.45) is 0 Å². The van der Waals surface area contributed by atoms with E-state index in [1.807, 2.05) is 6.92 Å². The van der Waals surface area contributed by atoms with Gasteiger partial charge in [-0.3, -0.25) is 0 Å². The summed E-state index contributed by atoms with van der Waals surface area (Å²) in [4.78, 5) is 0.0268. The topological polar surface area (TPSA) is 58.2 Å². The Hall–Kier alpha value is -0.980. The normalized spacial score (nSPS) is 11.8. The second kappa shape index (κ2) is 9.12. The van der Waals surface area contributed by atoms with Gasteiger partial charge in [0.2, 0.25) is 10.0 Å². The van der Waals surface area contributed by atoms with Crippen LogP contribution in [0.25, 0.3) is 0 Å². The third kappa shape index (κ3) is 6.11. The van der Waals surface area contributed by atoms with Gasteiger partial charge in [-0.2, -0.15) is 0 Å². The van der Waals surface area contributed by atoms with Crippen molar-refractivity contribution in [3.63, 3.8) is 0 Å². The third-order valence-corrected chi connectivity index (χ3v) is 4.75. The molecule has 0 amide bonds. The van der Waals surface area contributed by atoms with Gasteiger partial charge in [0, 0.05) is 13.1 Å². The minimum Gasteiger partial charge on any atom is -0.313 e. The summed E-state index contributed by atoms with van der Waals surface area (Å²) in [6.45, 7) is 5.55. The zero-order valence-corrected chi connectivity index (χ0v) is 13.6. The molecule has 1 aromatic carbocycles. The number of hydrogen-bond donors (Lipinski definition) is 2. The fraction of sp³-hybridized carbons (Fsp3) is 0.600. The summed E-state index contributed by atoms with van der Waals surface area (Å²) < 4.78 is 40.5. The molecule has 0 atom stereocenters. The number of sulfonamides is 1. The largest absolute Gasteiger partial charge is 0.313 e.